The van der Waals surface area contributed by atoms with Gasteiger partial charge in [0, 0.05) is 44.5 Å². The van der Waals surface area contributed by atoms with E-state index in [1.165, 1.54) is 33.4 Å². The van der Waals surface area contributed by atoms with Crippen molar-refractivity contribution in [1.82, 2.24) is 9.47 Å². The van der Waals surface area contributed by atoms with E-state index < -0.39 is 0 Å². The van der Waals surface area contributed by atoms with Crippen molar-refractivity contribution in [3.05, 3.63) is 97.9 Å². The molecule has 0 atom stereocenters. The van der Waals surface area contributed by atoms with Crippen molar-refractivity contribution in [3.63, 3.8) is 0 Å². The van der Waals surface area contributed by atoms with Crippen LogP contribution < -0.4 is 15.4 Å². The van der Waals surface area contributed by atoms with E-state index in [4.69, 9.17) is 12.2 Å². The molecule has 3 aromatic rings. The summed E-state index contributed by atoms with van der Waals surface area (Å²) >= 11 is 6.69. The number of nitriles is 1. The van der Waals surface area contributed by atoms with Gasteiger partial charge in [-0.1, -0.05) is 54.3 Å². The smallest absolute Gasteiger partial charge is 0.270 e. The monoisotopic (exact) mass is 559 g/mol. The molecular formula is C29H26FN5O2S2. The summed E-state index contributed by atoms with van der Waals surface area (Å²) in [5, 5.41) is 9.76. The van der Waals surface area contributed by atoms with Crippen LogP contribution >= 0.6 is 24.0 Å². The molecule has 2 fully saturated rings. The summed E-state index contributed by atoms with van der Waals surface area (Å²) in [6.45, 7) is 4.83. The first kappa shape index (κ1) is 26.7. The number of amides is 1. The molecule has 2 saturated heterocycles. The molecule has 7 nitrogen and oxygen atoms in total. The van der Waals surface area contributed by atoms with Crippen LogP contribution in [0.15, 0.2) is 64.3 Å². The summed E-state index contributed by atoms with van der Waals surface area (Å²) in [6.07, 6.45) is 1.75. The molecular weight excluding hydrogens is 533 g/mol. The lowest BCUT2D eigenvalue weighted by molar-refractivity contribution is -0.122. The molecule has 39 heavy (non-hydrogen) atoms. The number of thioether (sulfide) groups is 1. The van der Waals surface area contributed by atoms with Crippen molar-refractivity contribution in [1.29, 1.82) is 5.26 Å². The number of halogens is 1. The maximum absolute atomic E-state index is 13.4. The number of aromatic nitrogens is 1. The second-order valence-corrected chi connectivity index (χ2v) is 11.1. The van der Waals surface area contributed by atoms with E-state index in [9.17, 15) is 19.2 Å². The quantitative estimate of drug-likeness (QED) is 0.338. The van der Waals surface area contributed by atoms with E-state index in [1.807, 2.05) is 24.3 Å². The molecule has 0 aliphatic carbocycles. The van der Waals surface area contributed by atoms with Crippen molar-refractivity contribution in [2.24, 2.45) is 7.05 Å². The van der Waals surface area contributed by atoms with Gasteiger partial charge in [-0.3, -0.25) is 19.1 Å². The average Bonchev–Trinajstić information content (AvgIpc) is 3.21. The minimum absolute atomic E-state index is 0.0530. The summed E-state index contributed by atoms with van der Waals surface area (Å²) in [5.74, 6) is 0.0635. The maximum atomic E-state index is 13.4. The largest absolute Gasteiger partial charge is 0.368 e. The van der Waals surface area contributed by atoms with Gasteiger partial charge in [-0.05, 0) is 48.4 Å². The molecule has 10 heteroatoms. The van der Waals surface area contributed by atoms with Gasteiger partial charge in [-0.2, -0.15) is 5.26 Å². The predicted octanol–water partition coefficient (Wildman–Crippen LogP) is 4.43. The van der Waals surface area contributed by atoms with Crippen LogP contribution in [-0.4, -0.2) is 45.9 Å². The first-order valence-corrected chi connectivity index (χ1v) is 13.7. The van der Waals surface area contributed by atoms with Gasteiger partial charge >= 0.3 is 0 Å². The Bertz CT molecular complexity index is 1570. The fraction of sp³-hybridized carbons (Fsp3) is 0.241. The summed E-state index contributed by atoms with van der Waals surface area (Å²) in [4.78, 5) is 32.9. The number of thiocarbonyl (C=S) groups is 1. The van der Waals surface area contributed by atoms with Crippen LogP contribution in [0.3, 0.4) is 0 Å². The van der Waals surface area contributed by atoms with Gasteiger partial charge in [-0.15, -0.1) is 0 Å². The topological polar surface area (TPSA) is 72.6 Å². The second kappa shape index (κ2) is 11.0. The Labute approximate surface area is 235 Å². The SMILES string of the molecule is Cc1c(/C=C2/SC(=S)N(Cc3ccc(F)cc3)C2=O)c(N2CCN(c3ccccc3)CC2)n(C)c(=O)c1C#N. The molecule has 1 aromatic heterocycles. The molecule has 0 unspecified atom stereocenters. The third kappa shape index (κ3) is 5.20. The van der Waals surface area contributed by atoms with Gasteiger partial charge < -0.3 is 9.80 Å². The van der Waals surface area contributed by atoms with Crippen LogP contribution in [0.5, 0.6) is 0 Å². The van der Waals surface area contributed by atoms with Gasteiger partial charge in [0.2, 0.25) is 0 Å². The molecule has 0 radical (unpaired) electrons. The molecule has 3 heterocycles. The lowest BCUT2D eigenvalue weighted by atomic mass is 10.0. The van der Waals surface area contributed by atoms with Crippen LogP contribution in [-0.2, 0) is 18.4 Å². The lowest BCUT2D eigenvalue weighted by Crippen LogP contribution is -2.48. The summed E-state index contributed by atoms with van der Waals surface area (Å²) in [5.41, 5.74) is 2.78. The van der Waals surface area contributed by atoms with Gasteiger partial charge in [0.05, 0.1) is 11.4 Å². The number of para-hydroxylation sites is 1. The summed E-state index contributed by atoms with van der Waals surface area (Å²) in [6, 6.07) is 18.2. The fourth-order valence-electron chi connectivity index (χ4n) is 4.95. The van der Waals surface area contributed by atoms with E-state index in [0.29, 0.717) is 39.3 Å². The molecule has 5 rings (SSSR count). The number of anilines is 2. The normalized spacial score (nSPS) is 16.8. The predicted molar refractivity (Wildman–Crippen MR) is 157 cm³/mol. The number of pyridine rings is 1. The standard InChI is InChI=1S/C29H26FN5O2S2/c1-19-23(16-25-28(37)35(29(38)39-25)18-20-8-10-21(30)11-9-20)26(32(2)27(36)24(19)17-31)34-14-12-33(13-15-34)22-6-4-3-5-7-22/h3-11,16H,12-15,18H2,1-2H3/b25-16+. The number of piperazine rings is 1. The first-order chi connectivity index (χ1) is 18.8. The van der Waals surface area contributed by atoms with Crippen LogP contribution in [0.2, 0.25) is 0 Å². The number of carbonyl (C=O) groups excluding carboxylic acids is 1. The minimum Gasteiger partial charge on any atom is -0.368 e. The van der Waals surface area contributed by atoms with Crippen molar-refractivity contribution >= 4 is 51.8 Å². The van der Waals surface area contributed by atoms with Gasteiger partial charge in [0.15, 0.2) is 0 Å². The zero-order valence-corrected chi connectivity index (χ0v) is 23.2. The molecule has 0 saturated carbocycles. The van der Waals surface area contributed by atoms with Crippen molar-refractivity contribution < 1.29 is 9.18 Å². The van der Waals surface area contributed by atoms with E-state index >= 15 is 0 Å². The molecule has 2 aliphatic rings. The highest BCUT2D eigenvalue weighted by molar-refractivity contribution is 8.26. The molecule has 0 spiro atoms. The van der Waals surface area contributed by atoms with E-state index in [-0.39, 0.29) is 29.4 Å². The highest BCUT2D eigenvalue weighted by Gasteiger charge is 2.33. The van der Waals surface area contributed by atoms with Gasteiger partial charge in [0.1, 0.15) is 27.6 Å². The maximum Gasteiger partial charge on any atom is 0.270 e. The van der Waals surface area contributed by atoms with E-state index in [0.717, 1.165) is 24.3 Å². The number of nitrogens with zero attached hydrogens (tertiary/aromatic N) is 5. The Morgan fingerprint density at radius 1 is 1.03 bits per heavy atom. The number of hydrogen-bond donors (Lipinski definition) is 0. The molecule has 198 valence electrons. The number of rotatable bonds is 5. The Morgan fingerprint density at radius 3 is 2.31 bits per heavy atom. The Hall–Kier alpha value is -3.94. The van der Waals surface area contributed by atoms with Crippen LogP contribution in [0, 0.1) is 24.1 Å². The summed E-state index contributed by atoms with van der Waals surface area (Å²) < 4.78 is 15.3. The fourth-order valence-corrected chi connectivity index (χ4v) is 6.19. The zero-order valence-electron chi connectivity index (χ0n) is 21.6. The third-order valence-electron chi connectivity index (χ3n) is 7.07. The Kier molecular flexibility index (Phi) is 7.55. The highest BCUT2D eigenvalue weighted by Crippen LogP contribution is 2.36. The van der Waals surface area contributed by atoms with Gasteiger partial charge in [-0.25, -0.2) is 4.39 Å². The number of benzene rings is 2. The molecule has 1 amide bonds. The van der Waals surface area contributed by atoms with E-state index in [1.54, 1.807) is 32.2 Å². The molecule has 2 aliphatic heterocycles. The molecule has 0 bridgehead atoms. The van der Waals surface area contributed by atoms with Crippen LogP contribution in [0.4, 0.5) is 15.9 Å². The lowest BCUT2D eigenvalue weighted by Gasteiger charge is -2.38. The van der Waals surface area contributed by atoms with Crippen molar-refractivity contribution in [2.45, 2.75) is 13.5 Å². The summed E-state index contributed by atoms with van der Waals surface area (Å²) in [7, 11) is 1.67. The van der Waals surface area contributed by atoms with Crippen LogP contribution in [0.25, 0.3) is 6.08 Å². The second-order valence-electron chi connectivity index (χ2n) is 9.42. The van der Waals surface area contributed by atoms with E-state index in [2.05, 4.69) is 21.9 Å². The van der Waals surface area contributed by atoms with Crippen LogP contribution in [0.1, 0.15) is 22.3 Å². The first-order valence-electron chi connectivity index (χ1n) is 12.5. The number of carbonyl (C=O) groups is 1. The minimum atomic E-state index is -0.364. The highest BCUT2D eigenvalue weighted by atomic mass is 32.2. The Balaban J connectivity index is 1.49. The zero-order chi connectivity index (χ0) is 27.7. The van der Waals surface area contributed by atoms with Crippen molar-refractivity contribution in [2.75, 3.05) is 36.0 Å². The van der Waals surface area contributed by atoms with Gasteiger partial charge in [0.25, 0.3) is 11.5 Å². The number of hydrogen-bond acceptors (Lipinski definition) is 7. The third-order valence-corrected chi connectivity index (χ3v) is 8.45. The Morgan fingerprint density at radius 2 is 1.67 bits per heavy atom. The average molecular weight is 560 g/mol. The van der Waals surface area contributed by atoms with Crippen molar-refractivity contribution in [3.8, 4) is 6.07 Å². The molecule has 2 aromatic carbocycles. The molecule has 0 N–H and O–H groups in total.